The average Bonchev–Trinajstić information content (AvgIpc) is 2.44. The van der Waals surface area contributed by atoms with E-state index in [-0.39, 0.29) is 5.91 Å². The van der Waals surface area contributed by atoms with E-state index in [9.17, 15) is 4.79 Å². The molecule has 1 aliphatic rings. The van der Waals surface area contributed by atoms with Crippen LogP contribution in [-0.4, -0.2) is 17.4 Å². The van der Waals surface area contributed by atoms with Gasteiger partial charge in [-0.15, -0.1) is 0 Å². The fourth-order valence-electron chi connectivity index (χ4n) is 1.84. The van der Waals surface area contributed by atoms with Gasteiger partial charge in [0.2, 0.25) is 5.91 Å². The zero-order valence-corrected chi connectivity index (χ0v) is 8.65. The minimum atomic E-state index is 0.137. The quantitative estimate of drug-likeness (QED) is 0.757. The van der Waals surface area contributed by atoms with Gasteiger partial charge in [0.15, 0.2) is 5.82 Å². The van der Waals surface area contributed by atoms with Crippen molar-refractivity contribution in [3.05, 3.63) is 18.3 Å². The largest absolute Gasteiger partial charge is 0.396 e. The molecule has 0 aromatic carbocycles. The van der Waals surface area contributed by atoms with Gasteiger partial charge in [-0.3, -0.25) is 9.69 Å². The molecule has 15 heavy (non-hydrogen) atoms. The monoisotopic (exact) mass is 205 g/mol. The highest BCUT2D eigenvalue weighted by Gasteiger charge is 2.20. The Labute approximate surface area is 89.1 Å². The summed E-state index contributed by atoms with van der Waals surface area (Å²) >= 11 is 0. The van der Waals surface area contributed by atoms with E-state index in [1.807, 2.05) is 0 Å². The number of carbonyl (C=O) groups excluding carboxylic acids is 1. The maximum Gasteiger partial charge on any atom is 0.228 e. The van der Waals surface area contributed by atoms with Gasteiger partial charge in [-0.05, 0) is 25.0 Å². The molecule has 1 aliphatic heterocycles. The fraction of sp³-hybridized carbons (Fsp3) is 0.455. The molecule has 1 amide bonds. The number of amides is 1. The number of hydrogen-bond acceptors (Lipinski definition) is 3. The first-order valence-corrected chi connectivity index (χ1v) is 5.30. The van der Waals surface area contributed by atoms with Crippen LogP contribution in [0.15, 0.2) is 18.3 Å². The van der Waals surface area contributed by atoms with Crippen molar-refractivity contribution in [3.8, 4) is 0 Å². The lowest BCUT2D eigenvalue weighted by molar-refractivity contribution is -0.118. The molecule has 0 aliphatic carbocycles. The van der Waals surface area contributed by atoms with Crippen LogP contribution in [0.1, 0.15) is 25.7 Å². The molecule has 4 nitrogen and oxygen atoms in total. The Hall–Kier alpha value is -1.58. The first kappa shape index (κ1) is 9.96. The molecule has 1 aromatic heterocycles. The van der Waals surface area contributed by atoms with Gasteiger partial charge in [0, 0.05) is 19.2 Å². The van der Waals surface area contributed by atoms with E-state index < -0.39 is 0 Å². The molecule has 2 rings (SSSR count). The third-order valence-corrected chi connectivity index (χ3v) is 2.65. The van der Waals surface area contributed by atoms with Crippen LogP contribution < -0.4 is 10.6 Å². The summed E-state index contributed by atoms with van der Waals surface area (Å²) in [7, 11) is 0. The minimum Gasteiger partial charge on any atom is -0.396 e. The Morgan fingerprint density at radius 3 is 3.00 bits per heavy atom. The lowest BCUT2D eigenvalue weighted by atomic mass is 10.2. The van der Waals surface area contributed by atoms with Crippen LogP contribution in [0.4, 0.5) is 11.5 Å². The number of nitrogens with zero attached hydrogens (tertiary/aromatic N) is 2. The minimum absolute atomic E-state index is 0.137. The van der Waals surface area contributed by atoms with Crippen molar-refractivity contribution >= 4 is 17.4 Å². The molecule has 80 valence electrons. The summed E-state index contributed by atoms with van der Waals surface area (Å²) in [5, 5.41) is 0. The van der Waals surface area contributed by atoms with Gasteiger partial charge < -0.3 is 5.73 Å². The lowest BCUT2D eigenvalue weighted by Crippen LogP contribution is -2.31. The number of anilines is 2. The summed E-state index contributed by atoms with van der Waals surface area (Å²) < 4.78 is 0. The zero-order chi connectivity index (χ0) is 10.7. The first-order valence-electron chi connectivity index (χ1n) is 5.30. The maximum absolute atomic E-state index is 11.8. The zero-order valence-electron chi connectivity index (χ0n) is 8.65. The second-order valence-electron chi connectivity index (χ2n) is 3.77. The SMILES string of the molecule is Nc1cccnc1N1CCCCCC1=O. The molecule has 0 unspecified atom stereocenters. The number of nitrogens with two attached hydrogens (primary N) is 1. The van der Waals surface area contributed by atoms with Crippen LogP contribution >= 0.6 is 0 Å². The number of nitrogen functional groups attached to an aromatic ring is 1. The first-order chi connectivity index (χ1) is 7.29. The molecule has 4 heteroatoms. The van der Waals surface area contributed by atoms with Crippen molar-refractivity contribution in [1.29, 1.82) is 0 Å². The number of hydrogen-bond donors (Lipinski definition) is 1. The molecule has 1 saturated heterocycles. The van der Waals surface area contributed by atoms with Gasteiger partial charge in [0.1, 0.15) is 0 Å². The predicted molar refractivity (Wildman–Crippen MR) is 59.5 cm³/mol. The van der Waals surface area contributed by atoms with Crippen molar-refractivity contribution in [2.75, 3.05) is 17.2 Å². The van der Waals surface area contributed by atoms with Crippen LogP contribution in [0.3, 0.4) is 0 Å². The van der Waals surface area contributed by atoms with E-state index >= 15 is 0 Å². The molecule has 1 fully saturated rings. The highest BCUT2D eigenvalue weighted by Crippen LogP contribution is 2.23. The molecule has 0 radical (unpaired) electrons. The number of pyridine rings is 1. The van der Waals surface area contributed by atoms with E-state index in [1.54, 1.807) is 23.2 Å². The van der Waals surface area contributed by atoms with E-state index in [4.69, 9.17) is 5.73 Å². The van der Waals surface area contributed by atoms with Crippen molar-refractivity contribution in [1.82, 2.24) is 4.98 Å². The van der Waals surface area contributed by atoms with Crippen molar-refractivity contribution < 1.29 is 4.79 Å². The number of aromatic nitrogens is 1. The Kier molecular flexibility index (Phi) is 2.85. The van der Waals surface area contributed by atoms with Gasteiger partial charge in [-0.25, -0.2) is 4.98 Å². The summed E-state index contributed by atoms with van der Waals surface area (Å²) in [5.74, 6) is 0.752. The standard InChI is InChI=1S/C11H15N3O/c12-9-5-4-7-13-11(9)14-8-3-1-2-6-10(14)15/h4-5,7H,1-3,6,8,12H2. The van der Waals surface area contributed by atoms with Crippen LogP contribution in [0.5, 0.6) is 0 Å². The Morgan fingerprint density at radius 1 is 1.33 bits per heavy atom. The second-order valence-corrected chi connectivity index (χ2v) is 3.77. The summed E-state index contributed by atoms with van der Waals surface area (Å²) in [6.45, 7) is 0.736. The van der Waals surface area contributed by atoms with Gasteiger partial charge in [0.05, 0.1) is 5.69 Å². The molecule has 2 heterocycles. The van der Waals surface area contributed by atoms with E-state index in [2.05, 4.69) is 4.98 Å². The lowest BCUT2D eigenvalue weighted by Gasteiger charge is -2.20. The molecule has 2 N–H and O–H groups in total. The predicted octanol–water partition coefficient (Wildman–Crippen LogP) is 1.57. The van der Waals surface area contributed by atoms with Gasteiger partial charge in [-0.1, -0.05) is 6.42 Å². The normalized spacial score (nSPS) is 17.6. The number of carbonyl (C=O) groups is 1. The van der Waals surface area contributed by atoms with Crippen LogP contribution in [-0.2, 0) is 4.79 Å². The Morgan fingerprint density at radius 2 is 2.20 bits per heavy atom. The van der Waals surface area contributed by atoms with Gasteiger partial charge in [-0.2, -0.15) is 0 Å². The summed E-state index contributed by atoms with van der Waals surface area (Å²) in [4.78, 5) is 17.7. The van der Waals surface area contributed by atoms with Crippen molar-refractivity contribution in [2.24, 2.45) is 0 Å². The maximum atomic E-state index is 11.8. The third-order valence-electron chi connectivity index (χ3n) is 2.65. The molecule has 0 saturated carbocycles. The van der Waals surface area contributed by atoms with Crippen LogP contribution in [0, 0.1) is 0 Å². The van der Waals surface area contributed by atoms with Crippen LogP contribution in [0.25, 0.3) is 0 Å². The van der Waals surface area contributed by atoms with Crippen LogP contribution in [0.2, 0.25) is 0 Å². The van der Waals surface area contributed by atoms with Crippen molar-refractivity contribution in [3.63, 3.8) is 0 Å². The highest BCUT2D eigenvalue weighted by atomic mass is 16.2. The summed E-state index contributed by atoms with van der Waals surface area (Å²) in [6.07, 6.45) is 5.39. The molecule has 1 aromatic rings. The molecule has 0 bridgehead atoms. The second kappa shape index (κ2) is 4.29. The van der Waals surface area contributed by atoms with E-state index in [0.29, 0.717) is 17.9 Å². The van der Waals surface area contributed by atoms with E-state index in [0.717, 1.165) is 25.8 Å². The average molecular weight is 205 g/mol. The molecular weight excluding hydrogens is 190 g/mol. The summed E-state index contributed by atoms with van der Waals surface area (Å²) in [6, 6.07) is 3.56. The van der Waals surface area contributed by atoms with Crippen molar-refractivity contribution in [2.45, 2.75) is 25.7 Å². The van der Waals surface area contributed by atoms with Gasteiger partial charge >= 0.3 is 0 Å². The summed E-state index contributed by atoms with van der Waals surface area (Å²) in [5.41, 5.74) is 6.38. The molecule has 0 spiro atoms. The van der Waals surface area contributed by atoms with Gasteiger partial charge in [0.25, 0.3) is 0 Å². The van der Waals surface area contributed by atoms with E-state index in [1.165, 1.54) is 0 Å². The fourth-order valence-corrected chi connectivity index (χ4v) is 1.84. The number of rotatable bonds is 1. The molecule has 0 atom stereocenters. The smallest absolute Gasteiger partial charge is 0.228 e. The topological polar surface area (TPSA) is 59.2 Å². The Balaban J connectivity index is 2.28. The molecular formula is C11H15N3O. The highest BCUT2D eigenvalue weighted by molar-refractivity contribution is 5.95. The Bertz CT molecular complexity index is 365. The third kappa shape index (κ3) is 2.09.